The molecule has 0 aliphatic heterocycles. The van der Waals surface area contributed by atoms with Crippen molar-refractivity contribution in [2.45, 2.75) is 27.2 Å². The van der Waals surface area contributed by atoms with Crippen molar-refractivity contribution in [2.75, 3.05) is 0 Å². The van der Waals surface area contributed by atoms with Crippen LogP contribution in [-0.2, 0) is 6.42 Å². The average molecular weight is 316 g/mol. The normalized spacial score (nSPS) is 11.7. The van der Waals surface area contributed by atoms with Crippen molar-refractivity contribution in [3.05, 3.63) is 59.9 Å². The Morgan fingerprint density at radius 3 is 2.75 bits per heavy atom. The van der Waals surface area contributed by atoms with Crippen molar-refractivity contribution >= 4 is 22.1 Å². The van der Waals surface area contributed by atoms with Crippen LogP contribution >= 0.6 is 0 Å². The summed E-state index contributed by atoms with van der Waals surface area (Å²) >= 11 is 0. The molecule has 4 aromatic rings. The third kappa shape index (κ3) is 2.56. The molecule has 3 heteroatoms. The predicted octanol–water partition coefficient (Wildman–Crippen LogP) is 5.55. The first kappa shape index (κ1) is 14.9. The number of hydrogen-bond acceptors (Lipinski definition) is 3. The molecule has 3 heterocycles. The van der Waals surface area contributed by atoms with E-state index in [1.807, 2.05) is 19.2 Å². The van der Waals surface area contributed by atoms with Gasteiger partial charge < -0.3 is 4.42 Å². The van der Waals surface area contributed by atoms with Gasteiger partial charge in [0.15, 0.2) is 0 Å². The molecule has 0 saturated carbocycles. The second-order valence-electron chi connectivity index (χ2n) is 6.74. The molecule has 0 radical (unpaired) electrons. The van der Waals surface area contributed by atoms with E-state index in [1.54, 1.807) is 0 Å². The molecule has 120 valence electrons. The lowest BCUT2D eigenvalue weighted by Gasteiger charge is -2.07. The highest BCUT2D eigenvalue weighted by molar-refractivity contribution is 6.08. The number of fused-ring (bicyclic) bond motifs is 3. The molecular formula is C21H20N2O. The second kappa shape index (κ2) is 5.75. The maximum absolute atomic E-state index is 6.09. The first-order valence-electron chi connectivity index (χ1n) is 8.36. The predicted molar refractivity (Wildman–Crippen MR) is 98.0 cm³/mol. The fourth-order valence-electron chi connectivity index (χ4n) is 3.19. The minimum atomic E-state index is 0.620. The molecule has 0 atom stereocenters. The molecule has 0 fully saturated rings. The van der Waals surface area contributed by atoms with E-state index in [2.05, 4.69) is 60.2 Å². The van der Waals surface area contributed by atoms with Crippen LogP contribution in [0.4, 0.5) is 0 Å². The largest absolute Gasteiger partial charge is 0.437 e. The monoisotopic (exact) mass is 316 g/mol. The second-order valence-corrected chi connectivity index (χ2v) is 6.74. The molecule has 0 aliphatic rings. The summed E-state index contributed by atoms with van der Waals surface area (Å²) in [5.74, 6) is 0.620. The molecule has 0 bridgehead atoms. The minimum absolute atomic E-state index is 0.620. The minimum Gasteiger partial charge on any atom is -0.437 e. The first-order valence-corrected chi connectivity index (χ1v) is 8.36. The van der Waals surface area contributed by atoms with Gasteiger partial charge in [-0.05, 0) is 55.2 Å². The molecule has 0 amide bonds. The summed E-state index contributed by atoms with van der Waals surface area (Å²) in [5.41, 5.74) is 5.79. The Bertz CT molecular complexity index is 1030. The van der Waals surface area contributed by atoms with Crippen LogP contribution in [-0.4, -0.2) is 9.97 Å². The summed E-state index contributed by atoms with van der Waals surface area (Å²) in [6.07, 6.45) is 2.93. The number of aromatic nitrogens is 2. The summed E-state index contributed by atoms with van der Waals surface area (Å²) in [4.78, 5) is 9.09. The quantitative estimate of drug-likeness (QED) is 0.497. The molecule has 1 aromatic carbocycles. The van der Waals surface area contributed by atoms with Crippen LogP contribution in [0.2, 0.25) is 0 Å². The van der Waals surface area contributed by atoms with Gasteiger partial charge in [0, 0.05) is 28.2 Å². The van der Waals surface area contributed by atoms with Gasteiger partial charge in [0.1, 0.15) is 5.58 Å². The molecule has 3 nitrogen and oxygen atoms in total. The SMILES string of the molecule is Cc1ccc2c(n1)oc1c(-c3cc(CC(C)C)ccn3)cccc12. The van der Waals surface area contributed by atoms with Gasteiger partial charge in [0.05, 0.1) is 5.69 Å². The Hall–Kier alpha value is -2.68. The van der Waals surface area contributed by atoms with E-state index in [1.165, 1.54) is 5.56 Å². The maximum atomic E-state index is 6.09. The van der Waals surface area contributed by atoms with Gasteiger partial charge in [0.2, 0.25) is 5.71 Å². The number of furan rings is 1. The number of rotatable bonds is 3. The van der Waals surface area contributed by atoms with Crippen LogP contribution in [0.25, 0.3) is 33.3 Å². The Labute approximate surface area is 141 Å². The van der Waals surface area contributed by atoms with E-state index in [0.29, 0.717) is 11.6 Å². The van der Waals surface area contributed by atoms with Gasteiger partial charge in [-0.2, -0.15) is 0 Å². The van der Waals surface area contributed by atoms with E-state index >= 15 is 0 Å². The zero-order chi connectivity index (χ0) is 16.7. The summed E-state index contributed by atoms with van der Waals surface area (Å²) in [6, 6.07) is 14.6. The van der Waals surface area contributed by atoms with Gasteiger partial charge >= 0.3 is 0 Å². The molecule has 3 aromatic heterocycles. The number of nitrogens with zero attached hydrogens (tertiary/aromatic N) is 2. The van der Waals surface area contributed by atoms with Crippen LogP contribution in [0.15, 0.2) is 53.1 Å². The lowest BCUT2D eigenvalue weighted by atomic mass is 10.0. The molecule has 0 aliphatic carbocycles. The molecule has 4 rings (SSSR count). The fraction of sp³-hybridized carbons (Fsp3) is 0.238. The molecule has 0 N–H and O–H groups in total. The lowest BCUT2D eigenvalue weighted by Crippen LogP contribution is -1.95. The molecular weight excluding hydrogens is 296 g/mol. The number of para-hydroxylation sites is 1. The number of aryl methyl sites for hydroxylation is 1. The van der Waals surface area contributed by atoms with Crippen LogP contribution in [0.5, 0.6) is 0 Å². The topological polar surface area (TPSA) is 38.9 Å². The summed E-state index contributed by atoms with van der Waals surface area (Å²) in [7, 11) is 0. The van der Waals surface area contributed by atoms with Gasteiger partial charge in [0.25, 0.3) is 0 Å². The lowest BCUT2D eigenvalue weighted by molar-refractivity contribution is 0.646. The summed E-state index contributed by atoms with van der Waals surface area (Å²) in [6.45, 7) is 6.44. The molecule has 24 heavy (non-hydrogen) atoms. The van der Waals surface area contributed by atoms with Crippen molar-refractivity contribution < 1.29 is 4.42 Å². The van der Waals surface area contributed by atoms with Crippen LogP contribution < -0.4 is 0 Å². The zero-order valence-corrected chi connectivity index (χ0v) is 14.2. The highest BCUT2D eigenvalue weighted by atomic mass is 16.3. The van der Waals surface area contributed by atoms with E-state index in [0.717, 1.165) is 39.7 Å². The number of pyridine rings is 2. The standard InChI is InChI=1S/C21H20N2O/c1-13(2)11-15-9-10-22-19(12-15)18-6-4-5-16-17-8-7-14(3)23-21(17)24-20(16)18/h4-10,12-13H,11H2,1-3H3. The Morgan fingerprint density at radius 2 is 1.92 bits per heavy atom. The van der Waals surface area contributed by atoms with Crippen molar-refractivity contribution in [2.24, 2.45) is 5.92 Å². The van der Waals surface area contributed by atoms with Gasteiger partial charge in [-0.1, -0.05) is 26.0 Å². The van der Waals surface area contributed by atoms with Crippen molar-refractivity contribution in [1.29, 1.82) is 0 Å². The van der Waals surface area contributed by atoms with Crippen LogP contribution in [0.1, 0.15) is 25.1 Å². The summed E-state index contributed by atoms with van der Waals surface area (Å²) < 4.78 is 6.09. The number of benzene rings is 1. The third-order valence-electron chi connectivity index (χ3n) is 4.25. The van der Waals surface area contributed by atoms with Crippen molar-refractivity contribution in [1.82, 2.24) is 9.97 Å². The van der Waals surface area contributed by atoms with Gasteiger partial charge in [-0.15, -0.1) is 0 Å². The highest BCUT2D eigenvalue weighted by Crippen LogP contribution is 2.34. The summed E-state index contributed by atoms with van der Waals surface area (Å²) in [5, 5.41) is 2.14. The number of hydrogen-bond donors (Lipinski definition) is 0. The highest BCUT2D eigenvalue weighted by Gasteiger charge is 2.14. The van der Waals surface area contributed by atoms with Crippen molar-refractivity contribution in [3.63, 3.8) is 0 Å². The smallest absolute Gasteiger partial charge is 0.227 e. The van der Waals surface area contributed by atoms with Crippen molar-refractivity contribution in [3.8, 4) is 11.3 Å². The van der Waals surface area contributed by atoms with E-state index in [4.69, 9.17) is 4.42 Å². The molecule has 0 spiro atoms. The Balaban J connectivity index is 1.92. The van der Waals surface area contributed by atoms with Gasteiger partial charge in [-0.25, -0.2) is 4.98 Å². The Kier molecular flexibility index (Phi) is 3.57. The van der Waals surface area contributed by atoms with Crippen LogP contribution in [0.3, 0.4) is 0 Å². The molecule has 0 saturated heterocycles. The van der Waals surface area contributed by atoms with E-state index in [-0.39, 0.29) is 0 Å². The average Bonchev–Trinajstić information content (AvgIpc) is 2.91. The van der Waals surface area contributed by atoms with E-state index in [9.17, 15) is 0 Å². The maximum Gasteiger partial charge on any atom is 0.227 e. The zero-order valence-electron chi connectivity index (χ0n) is 14.2. The van der Waals surface area contributed by atoms with Gasteiger partial charge in [-0.3, -0.25) is 4.98 Å². The van der Waals surface area contributed by atoms with Crippen LogP contribution in [0, 0.1) is 12.8 Å². The third-order valence-corrected chi connectivity index (χ3v) is 4.25. The first-order chi connectivity index (χ1) is 11.6. The molecule has 0 unspecified atom stereocenters. The fourth-order valence-corrected chi connectivity index (χ4v) is 3.19. The van der Waals surface area contributed by atoms with E-state index < -0.39 is 0 Å². The Morgan fingerprint density at radius 1 is 1.04 bits per heavy atom.